The number of fused-ring (bicyclic) bond motifs is 1. The number of nitrogen functional groups attached to an aromatic ring is 1. The molecule has 1 aliphatic heterocycles. The van der Waals surface area contributed by atoms with Gasteiger partial charge in [-0.3, -0.25) is 4.57 Å². The van der Waals surface area contributed by atoms with Crippen LogP contribution in [0.4, 0.5) is 5.82 Å². The third-order valence-electron chi connectivity index (χ3n) is 4.61. The highest BCUT2D eigenvalue weighted by Gasteiger charge is 2.48. The highest BCUT2D eigenvalue weighted by atomic mass is 16.5. The fourth-order valence-corrected chi connectivity index (χ4v) is 3.30. The van der Waals surface area contributed by atoms with Crippen molar-refractivity contribution in [1.82, 2.24) is 19.5 Å². The van der Waals surface area contributed by atoms with Crippen LogP contribution in [0, 0.1) is 0 Å². The summed E-state index contributed by atoms with van der Waals surface area (Å²) in [6.07, 6.45) is 3.84. The van der Waals surface area contributed by atoms with Crippen LogP contribution >= 0.6 is 0 Å². The third kappa shape index (κ3) is 2.98. The van der Waals surface area contributed by atoms with E-state index in [1.807, 2.05) is 6.92 Å². The van der Waals surface area contributed by atoms with E-state index in [4.69, 9.17) is 21.7 Å². The Hall–Kier alpha value is -2.46. The highest BCUT2D eigenvalue weighted by molar-refractivity contribution is 5.81. The first-order valence-electron chi connectivity index (χ1n) is 8.07. The molecule has 1 unspecified atom stereocenters. The lowest BCUT2D eigenvalue weighted by Crippen LogP contribution is -2.40. The Labute approximate surface area is 143 Å². The van der Waals surface area contributed by atoms with Crippen molar-refractivity contribution in [1.29, 1.82) is 0 Å². The van der Waals surface area contributed by atoms with Crippen molar-refractivity contribution in [2.75, 3.05) is 12.3 Å². The molecule has 0 radical (unpaired) electrons. The first-order chi connectivity index (χ1) is 12.0. The molecule has 2 aromatic heterocycles. The molecule has 0 aromatic carbocycles. The van der Waals surface area contributed by atoms with Crippen LogP contribution < -0.4 is 11.5 Å². The van der Waals surface area contributed by atoms with Crippen molar-refractivity contribution >= 4 is 17.0 Å². The molecule has 25 heavy (non-hydrogen) atoms. The molecule has 5 N–H and O–H groups in total. The molecule has 0 bridgehead atoms. The van der Waals surface area contributed by atoms with Crippen molar-refractivity contribution in [2.24, 2.45) is 10.8 Å². The second-order valence-corrected chi connectivity index (χ2v) is 6.18. The third-order valence-corrected chi connectivity index (χ3v) is 4.61. The van der Waals surface area contributed by atoms with Gasteiger partial charge in [-0.25, -0.2) is 15.0 Å². The van der Waals surface area contributed by atoms with Gasteiger partial charge >= 0.3 is 0 Å². The van der Waals surface area contributed by atoms with E-state index in [2.05, 4.69) is 25.0 Å². The van der Waals surface area contributed by atoms with E-state index in [1.54, 1.807) is 10.9 Å². The van der Waals surface area contributed by atoms with E-state index in [9.17, 15) is 5.11 Å². The molecule has 134 valence electrons. The van der Waals surface area contributed by atoms with Gasteiger partial charge in [0.25, 0.3) is 0 Å². The summed E-state index contributed by atoms with van der Waals surface area (Å²) >= 11 is 0. The van der Waals surface area contributed by atoms with Gasteiger partial charge in [0.2, 0.25) is 0 Å². The Bertz CT molecular complexity index is 803. The SMILES string of the molecule is CCC(N)C[C@]1(n2cnc3c(N)ncnc32)C[C@H](N=[N+]=[N-])[C@@H](CO)O1. The molecular formula is C14H21N9O2. The van der Waals surface area contributed by atoms with Crippen LogP contribution in [0.3, 0.4) is 0 Å². The topological polar surface area (TPSA) is 174 Å². The predicted octanol–water partition coefficient (Wildman–Crippen LogP) is 0.649. The molecule has 0 saturated carbocycles. The van der Waals surface area contributed by atoms with Crippen molar-refractivity contribution < 1.29 is 9.84 Å². The molecule has 1 fully saturated rings. The summed E-state index contributed by atoms with van der Waals surface area (Å²) < 4.78 is 7.91. The molecule has 11 nitrogen and oxygen atoms in total. The summed E-state index contributed by atoms with van der Waals surface area (Å²) in [4.78, 5) is 15.4. The number of nitrogens with zero attached hydrogens (tertiary/aromatic N) is 7. The number of rotatable bonds is 6. The molecular weight excluding hydrogens is 326 g/mol. The van der Waals surface area contributed by atoms with Crippen molar-refractivity contribution in [3.05, 3.63) is 23.1 Å². The second kappa shape index (κ2) is 6.81. The summed E-state index contributed by atoms with van der Waals surface area (Å²) in [5.74, 6) is 0.266. The smallest absolute Gasteiger partial charge is 0.167 e. The minimum atomic E-state index is -0.933. The number of aliphatic hydroxyl groups is 1. The van der Waals surface area contributed by atoms with Crippen LogP contribution in [0.1, 0.15) is 26.2 Å². The van der Waals surface area contributed by atoms with Gasteiger partial charge in [-0.2, -0.15) is 0 Å². The van der Waals surface area contributed by atoms with Gasteiger partial charge in [0.05, 0.1) is 25.1 Å². The van der Waals surface area contributed by atoms with Crippen LogP contribution in [0.15, 0.2) is 17.8 Å². The lowest BCUT2D eigenvalue weighted by molar-refractivity contribution is -0.117. The molecule has 2 aromatic rings. The van der Waals surface area contributed by atoms with Crippen molar-refractivity contribution in [3.8, 4) is 0 Å². The van der Waals surface area contributed by atoms with E-state index >= 15 is 0 Å². The maximum Gasteiger partial charge on any atom is 0.167 e. The molecule has 0 amide bonds. The zero-order valence-corrected chi connectivity index (χ0v) is 13.9. The summed E-state index contributed by atoms with van der Waals surface area (Å²) in [6, 6.07) is -0.670. The molecule has 1 aliphatic rings. The van der Waals surface area contributed by atoms with Crippen LogP contribution in [0.25, 0.3) is 21.6 Å². The number of aromatic nitrogens is 4. The Kier molecular flexibility index (Phi) is 4.73. The standard InChI is InChI=1S/C14H21N9O2/c1-2-8(15)3-14(4-9(21-22-17)10(5-24)25-14)23-7-20-11-12(16)18-6-19-13(11)23/h6-10,24H,2-5,15H2,1H3,(H2,16,18,19)/t8?,9-,10+,14+/m0/s1. The summed E-state index contributed by atoms with van der Waals surface area (Å²) in [7, 11) is 0. The zero-order chi connectivity index (χ0) is 18.0. The minimum absolute atomic E-state index is 0.152. The van der Waals surface area contributed by atoms with Gasteiger partial charge in [0.1, 0.15) is 17.6 Å². The zero-order valence-electron chi connectivity index (χ0n) is 13.9. The molecule has 1 saturated heterocycles. The molecule has 3 heterocycles. The summed E-state index contributed by atoms with van der Waals surface area (Å²) in [6.45, 7) is 1.71. The number of nitrogens with two attached hydrogens (primary N) is 2. The predicted molar refractivity (Wildman–Crippen MR) is 90.1 cm³/mol. The lowest BCUT2D eigenvalue weighted by Gasteiger charge is -2.33. The Morgan fingerprint density at radius 3 is 3.04 bits per heavy atom. The minimum Gasteiger partial charge on any atom is -0.394 e. The van der Waals surface area contributed by atoms with Crippen molar-refractivity contribution in [3.63, 3.8) is 0 Å². The van der Waals surface area contributed by atoms with Gasteiger partial charge in [-0.15, -0.1) is 0 Å². The number of aliphatic hydroxyl groups excluding tert-OH is 1. The van der Waals surface area contributed by atoms with Gasteiger partial charge in [0, 0.05) is 23.8 Å². The van der Waals surface area contributed by atoms with Gasteiger partial charge in [-0.1, -0.05) is 12.0 Å². The van der Waals surface area contributed by atoms with E-state index in [0.29, 0.717) is 24.0 Å². The van der Waals surface area contributed by atoms with Crippen LogP contribution in [-0.2, 0) is 10.5 Å². The van der Waals surface area contributed by atoms with E-state index in [1.165, 1.54) is 6.33 Å². The molecule has 11 heteroatoms. The highest BCUT2D eigenvalue weighted by Crippen LogP contribution is 2.42. The Balaban J connectivity index is 2.12. The maximum absolute atomic E-state index is 9.63. The largest absolute Gasteiger partial charge is 0.394 e. The number of anilines is 1. The second-order valence-electron chi connectivity index (χ2n) is 6.18. The quantitative estimate of drug-likeness (QED) is 0.390. The van der Waals surface area contributed by atoms with Crippen LogP contribution in [-0.4, -0.2) is 49.4 Å². The van der Waals surface area contributed by atoms with E-state index < -0.39 is 17.9 Å². The van der Waals surface area contributed by atoms with Crippen LogP contribution in [0.5, 0.6) is 0 Å². The monoisotopic (exact) mass is 347 g/mol. The van der Waals surface area contributed by atoms with Crippen molar-refractivity contribution in [2.45, 2.75) is 50.1 Å². The number of hydrogen-bond donors (Lipinski definition) is 3. The van der Waals surface area contributed by atoms with E-state index in [0.717, 1.165) is 6.42 Å². The molecule has 4 atom stereocenters. The van der Waals surface area contributed by atoms with Gasteiger partial charge < -0.3 is 21.3 Å². The summed E-state index contributed by atoms with van der Waals surface area (Å²) in [5.41, 5.74) is 20.9. The lowest BCUT2D eigenvalue weighted by atomic mass is 9.96. The number of hydrogen-bond acceptors (Lipinski definition) is 8. The first kappa shape index (κ1) is 17.4. The van der Waals surface area contributed by atoms with Gasteiger partial charge in [0.15, 0.2) is 11.5 Å². The van der Waals surface area contributed by atoms with Gasteiger partial charge in [-0.05, 0) is 12.0 Å². The Morgan fingerprint density at radius 2 is 2.36 bits per heavy atom. The summed E-state index contributed by atoms with van der Waals surface area (Å²) in [5, 5.41) is 13.4. The number of azide groups is 1. The van der Waals surface area contributed by atoms with E-state index in [-0.39, 0.29) is 18.5 Å². The number of imidazole rings is 1. The Morgan fingerprint density at radius 1 is 1.56 bits per heavy atom. The molecule has 3 rings (SSSR count). The average Bonchev–Trinajstić information content (AvgIpc) is 3.18. The molecule has 0 aliphatic carbocycles. The van der Waals surface area contributed by atoms with Crippen LogP contribution in [0.2, 0.25) is 0 Å². The fourth-order valence-electron chi connectivity index (χ4n) is 3.30. The molecule has 0 spiro atoms. The fraction of sp³-hybridized carbons (Fsp3) is 0.643. The number of ether oxygens (including phenoxy) is 1. The normalized spacial score (nSPS) is 27.3. The average molecular weight is 347 g/mol. The maximum atomic E-state index is 9.63. The first-order valence-corrected chi connectivity index (χ1v) is 8.07.